The quantitative estimate of drug-likeness (QED) is 0.832. The van der Waals surface area contributed by atoms with Crippen molar-refractivity contribution >= 4 is 5.91 Å². The molecule has 1 aliphatic rings. The van der Waals surface area contributed by atoms with Gasteiger partial charge in [-0.3, -0.25) is 9.69 Å². The number of tetrazole rings is 1. The van der Waals surface area contributed by atoms with Gasteiger partial charge in [-0.2, -0.15) is 4.68 Å². The number of aromatic nitrogens is 4. The van der Waals surface area contributed by atoms with Crippen LogP contribution < -0.4 is 5.32 Å². The molecule has 0 bridgehead atoms. The van der Waals surface area contributed by atoms with Crippen LogP contribution in [0.2, 0.25) is 0 Å². The summed E-state index contributed by atoms with van der Waals surface area (Å²) in [5, 5.41) is 15.3. The summed E-state index contributed by atoms with van der Waals surface area (Å²) in [4.78, 5) is 14.2. The number of nitrogens with zero attached hydrogens (tertiary/aromatic N) is 5. The molecule has 0 spiro atoms. The van der Waals surface area contributed by atoms with Crippen molar-refractivity contribution in [2.75, 3.05) is 13.1 Å². The first-order chi connectivity index (χ1) is 12.3. The van der Waals surface area contributed by atoms with Crippen molar-refractivity contribution in [2.24, 2.45) is 0 Å². The molecule has 7 nitrogen and oxygen atoms in total. The number of benzene rings is 1. The van der Waals surface area contributed by atoms with E-state index in [-0.39, 0.29) is 5.91 Å². The number of likely N-dealkylation sites (tertiary alicyclic amines) is 1. The zero-order chi connectivity index (χ0) is 17.5. The maximum Gasteiger partial charge on any atom is 0.220 e. The van der Waals surface area contributed by atoms with Crippen molar-refractivity contribution in [1.29, 1.82) is 0 Å². The fourth-order valence-corrected chi connectivity index (χ4v) is 3.15. The summed E-state index contributed by atoms with van der Waals surface area (Å²) in [5.41, 5.74) is 0.973. The van der Waals surface area contributed by atoms with E-state index in [2.05, 4.69) is 32.7 Å². The maximum atomic E-state index is 11.9. The minimum absolute atomic E-state index is 0.188. The molecule has 3 rings (SSSR count). The van der Waals surface area contributed by atoms with Crippen molar-refractivity contribution in [3.05, 3.63) is 36.2 Å². The fourth-order valence-electron chi connectivity index (χ4n) is 3.15. The largest absolute Gasteiger partial charge is 0.353 e. The van der Waals surface area contributed by atoms with Gasteiger partial charge in [0, 0.05) is 25.6 Å². The van der Waals surface area contributed by atoms with Crippen molar-refractivity contribution in [1.82, 2.24) is 30.4 Å². The van der Waals surface area contributed by atoms with Crippen LogP contribution in [-0.4, -0.2) is 50.1 Å². The molecule has 134 valence electrons. The van der Waals surface area contributed by atoms with Crippen LogP contribution in [0.4, 0.5) is 0 Å². The summed E-state index contributed by atoms with van der Waals surface area (Å²) in [5.74, 6) is 1.03. The molecular weight excluding hydrogens is 316 g/mol. The summed E-state index contributed by atoms with van der Waals surface area (Å²) in [6.45, 7) is 4.72. The molecular formula is C18H26N6O. The van der Waals surface area contributed by atoms with Crippen LogP contribution in [-0.2, 0) is 11.3 Å². The molecule has 0 radical (unpaired) electrons. The highest BCUT2D eigenvalue weighted by molar-refractivity contribution is 5.76. The van der Waals surface area contributed by atoms with Crippen LogP contribution in [0, 0.1) is 0 Å². The number of hydrogen-bond acceptors (Lipinski definition) is 5. The van der Waals surface area contributed by atoms with Gasteiger partial charge in [-0.05, 0) is 41.8 Å². The summed E-state index contributed by atoms with van der Waals surface area (Å²) in [6.07, 6.45) is 4.62. The summed E-state index contributed by atoms with van der Waals surface area (Å²) >= 11 is 0. The lowest BCUT2D eigenvalue weighted by Gasteiger charge is -2.31. The van der Waals surface area contributed by atoms with E-state index >= 15 is 0 Å². The molecule has 1 saturated heterocycles. The smallest absolute Gasteiger partial charge is 0.220 e. The number of unbranched alkanes of at least 4 members (excludes halogenated alkanes) is 1. The normalized spacial score (nSPS) is 16.0. The van der Waals surface area contributed by atoms with Crippen molar-refractivity contribution in [3.63, 3.8) is 0 Å². The van der Waals surface area contributed by atoms with Crippen LogP contribution in [0.1, 0.15) is 44.9 Å². The number of piperidine rings is 1. The average Bonchev–Trinajstić information content (AvgIpc) is 3.10. The predicted octanol–water partition coefficient (Wildman–Crippen LogP) is 1.93. The van der Waals surface area contributed by atoms with Gasteiger partial charge in [-0.1, -0.05) is 31.5 Å². The van der Waals surface area contributed by atoms with Gasteiger partial charge >= 0.3 is 0 Å². The number of rotatable bonds is 7. The zero-order valence-electron chi connectivity index (χ0n) is 14.8. The van der Waals surface area contributed by atoms with Gasteiger partial charge in [-0.25, -0.2) is 0 Å². The zero-order valence-corrected chi connectivity index (χ0v) is 14.8. The Labute approximate surface area is 148 Å². The Bertz CT molecular complexity index is 663. The predicted molar refractivity (Wildman–Crippen MR) is 95.1 cm³/mol. The fraction of sp³-hybridized carbons (Fsp3) is 0.556. The van der Waals surface area contributed by atoms with Crippen LogP contribution in [0.25, 0.3) is 5.69 Å². The molecule has 25 heavy (non-hydrogen) atoms. The van der Waals surface area contributed by atoms with Crippen LogP contribution in [0.3, 0.4) is 0 Å². The second-order valence-electron chi connectivity index (χ2n) is 6.56. The third-order valence-corrected chi connectivity index (χ3v) is 4.61. The molecule has 0 unspecified atom stereocenters. The molecule has 1 aromatic heterocycles. The Kier molecular flexibility index (Phi) is 6.11. The summed E-state index contributed by atoms with van der Waals surface area (Å²) in [7, 11) is 0. The van der Waals surface area contributed by atoms with E-state index in [0.717, 1.165) is 56.8 Å². The number of amides is 1. The number of hydrogen-bond donors (Lipinski definition) is 1. The van der Waals surface area contributed by atoms with Crippen LogP contribution >= 0.6 is 0 Å². The third-order valence-electron chi connectivity index (χ3n) is 4.61. The molecule has 1 aliphatic heterocycles. The lowest BCUT2D eigenvalue weighted by atomic mass is 10.0. The topological polar surface area (TPSA) is 75.9 Å². The molecule has 7 heteroatoms. The molecule has 1 aromatic carbocycles. The first-order valence-corrected chi connectivity index (χ1v) is 9.10. The highest BCUT2D eigenvalue weighted by atomic mass is 16.1. The Hall–Kier alpha value is -2.28. The molecule has 0 aliphatic carbocycles. The van der Waals surface area contributed by atoms with Gasteiger partial charge in [0.05, 0.1) is 12.2 Å². The molecule has 0 atom stereocenters. The highest BCUT2D eigenvalue weighted by Crippen LogP contribution is 2.15. The molecule has 0 saturated carbocycles. The van der Waals surface area contributed by atoms with E-state index in [9.17, 15) is 4.79 Å². The van der Waals surface area contributed by atoms with E-state index in [1.54, 1.807) is 4.68 Å². The first-order valence-electron chi connectivity index (χ1n) is 9.10. The standard InChI is InChI=1S/C18H26N6O/c1-2-3-9-18(25)19-15-10-12-23(13-11-15)14-17-20-21-22-24(17)16-7-5-4-6-8-16/h4-8,15H,2-3,9-14H2,1H3,(H,19,25). The molecule has 2 heterocycles. The Morgan fingerprint density at radius 1 is 1.24 bits per heavy atom. The van der Waals surface area contributed by atoms with Crippen molar-refractivity contribution < 1.29 is 4.79 Å². The van der Waals surface area contributed by atoms with E-state index < -0.39 is 0 Å². The molecule has 1 N–H and O–H groups in total. The van der Waals surface area contributed by atoms with E-state index in [1.165, 1.54) is 0 Å². The lowest BCUT2D eigenvalue weighted by molar-refractivity contribution is -0.122. The lowest BCUT2D eigenvalue weighted by Crippen LogP contribution is -2.44. The van der Waals surface area contributed by atoms with Crippen molar-refractivity contribution in [3.8, 4) is 5.69 Å². The summed E-state index contributed by atoms with van der Waals surface area (Å²) < 4.78 is 1.79. The number of nitrogens with one attached hydrogen (secondary N) is 1. The van der Waals surface area contributed by atoms with E-state index in [0.29, 0.717) is 12.5 Å². The van der Waals surface area contributed by atoms with Gasteiger partial charge in [0.15, 0.2) is 5.82 Å². The first kappa shape index (κ1) is 17.5. The monoisotopic (exact) mass is 342 g/mol. The number of para-hydroxylation sites is 1. The van der Waals surface area contributed by atoms with E-state index in [4.69, 9.17) is 0 Å². The Morgan fingerprint density at radius 3 is 2.72 bits per heavy atom. The summed E-state index contributed by atoms with van der Waals surface area (Å²) in [6, 6.07) is 10.2. The minimum atomic E-state index is 0.188. The molecule has 1 amide bonds. The third kappa shape index (κ3) is 4.85. The number of carbonyl (C=O) groups excluding carboxylic acids is 1. The van der Waals surface area contributed by atoms with Gasteiger partial charge in [-0.15, -0.1) is 5.10 Å². The van der Waals surface area contributed by atoms with Gasteiger partial charge < -0.3 is 5.32 Å². The van der Waals surface area contributed by atoms with Crippen LogP contribution in [0.5, 0.6) is 0 Å². The Morgan fingerprint density at radius 2 is 2.00 bits per heavy atom. The number of carbonyl (C=O) groups is 1. The Balaban J connectivity index is 1.50. The minimum Gasteiger partial charge on any atom is -0.353 e. The van der Waals surface area contributed by atoms with Gasteiger partial charge in [0.25, 0.3) is 0 Å². The van der Waals surface area contributed by atoms with Crippen molar-refractivity contribution in [2.45, 2.75) is 51.6 Å². The molecule has 2 aromatic rings. The highest BCUT2D eigenvalue weighted by Gasteiger charge is 2.22. The van der Waals surface area contributed by atoms with Gasteiger partial charge in [0.2, 0.25) is 5.91 Å². The van der Waals surface area contributed by atoms with Crippen LogP contribution in [0.15, 0.2) is 30.3 Å². The van der Waals surface area contributed by atoms with E-state index in [1.807, 2.05) is 30.3 Å². The van der Waals surface area contributed by atoms with Gasteiger partial charge in [0.1, 0.15) is 0 Å². The second-order valence-corrected chi connectivity index (χ2v) is 6.56. The second kappa shape index (κ2) is 8.71. The average molecular weight is 342 g/mol. The SMILES string of the molecule is CCCCC(=O)NC1CCN(Cc2nnnn2-c2ccccc2)CC1. The molecule has 1 fully saturated rings. The maximum absolute atomic E-state index is 11.9.